The van der Waals surface area contributed by atoms with Crippen molar-refractivity contribution in [3.05, 3.63) is 119 Å². The molecule has 0 radical (unpaired) electrons. The number of aromatic nitrogens is 1. The minimum Gasteiger partial charge on any atom is -0.288 e. The van der Waals surface area contributed by atoms with Gasteiger partial charge in [-0.3, -0.25) is 4.79 Å². The molecule has 0 aliphatic rings. The van der Waals surface area contributed by atoms with Crippen molar-refractivity contribution in [1.29, 1.82) is 0 Å². The van der Waals surface area contributed by atoms with Crippen LogP contribution in [0.5, 0.6) is 0 Å². The number of carbonyl (C=O) groups excluding carboxylic acids is 1. The summed E-state index contributed by atoms with van der Waals surface area (Å²) in [5, 5.41) is 0. The molecule has 0 saturated heterocycles. The molecule has 27 heavy (non-hydrogen) atoms. The lowest BCUT2D eigenvalue weighted by Gasteiger charge is -2.07. The molecule has 0 saturated carbocycles. The molecule has 0 atom stereocenters. The molecule has 1 aromatic heterocycles. The second-order valence-electron chi connectivity index (χ2n) is 6.21. The summed E-state index contributed by atoms with van der Waals surface area (Å²) in [7, 11) is 0. The maximum atomic E-state index is 12.9. The Bertz CT molecular complexity index is 1070. The monoisotopic (exact) mass is 414 g/mol. The Morgan fingerprint density at radius 2 is 1.30 bits per heavy atom. The third-order valence-corrected chi connectivity index (χ3v) is 4.95. The van der Waals surface area contributed by atoms with E-state index < -0.39 is 0 Å². The van der Waals surface area contributed by atoms with Crippen molar-refractivity contribution >= 4 is 21.7 Å². The maximum absolute atomic E-state index is 12.9. The second kappa shape index (κ2) is 7.68. The Kier molecular flexibility index (Phi) is 4.95. The molecular weight excluding hydrogens is 398 g/mol. The molecule has 0 fully saturated rings. The predicted molar refractivity (Wildman–Crippen MR) is 111 cm³/mol. The summed E-state index contributed by atoms with van der Waals surface area (Å²) < 4.78 is 3.09. The van der Waals surface area contributed by atoms with Crippen LogP contribution < -0.4 is 4.57 Å². The van der Waals surface area contributed by atoms with Crippen LogP contribution in [0.1, 0.15) is 15.9 Å². The van der Waals surface area contributed by atoms with E-state index in [1.54, 1.807) is 0 Å². The lowest BCUT2D eigenvalue weighted by molar-refractivity contribution is -0.584. The van der Waals surface area contributed by atoms with Crippen LogP contribution in [-0.4, -0.2) is 5.78 Å². The van der Waals surface area contributed by atoms with Crippen LogP contribution in [0.2, 0.25) is 0 Å². The topological polar surface area (TPSA) is 20.9 Å². The summed E-state index contributed by atoms with van der Waals surface area (Å²) in [6.07, 6.45) is 1.92. The molecular formula is C24H17BrNO+. The average molecular weight is 415 g/mol. The fourth-order valence-corrected chi connectivity index (χ4v) is 3.32. The van der Waals surface area contributed by atoms with Crippen molar-refractivity contribution in [2.75, 3.05) is 0 Å². The van der Waals surface area contributed by atoms with E-state index in [2.05, 4.69) is 32.6 Å². The summed E-state index contributed by atoms with van der Waals surface area (Å²) >= 11 is 3.49. The molecule has 0 amide bonds. The second-order valence-corrected chi connectivity index (χ2v) is 7.13. The standard InChI is InChI=1S/C24H17BrNO/c25-21-12-14-22(15-13-21)26-17-20(24(27)19-9-5-2-6-10-19)11-16-23(26)18-7-3-1-4-8-18/h1-17H/q+1. The highest BCUT2D eigenvalue weighted by Crippen LogP contribution is 2.20. The van der Waals surface area contributed by atoms with Crippen LogP contribution in [0.15, 0.2) is 108 Å². The van der Waals surface area contributed by atoms with Crippen molar-refractivity contribution in [1.82, 2.24) is 0 Å². The Morgan fingerprint density at radius 1 is 0.667 bits per heavy atom. The molecule has 0 aliphatic carbocycles. The number of halogens is 1. The van der Waals surface area contributed by atoms with Gasteiger partial charge in [-0.25, -0.2) is 0 Å². The van der Waals surface area contributed by atoms with Crippen LogP contribution in [0.3, 0.4) is 0 Å². The van der Waals surface area contributed by atoms with Gasteiger partial charge in [0.1, 0.15) is 0 Å². The van der Waals surface area contributed by atoms with Gasteiger partial charge >= 0.3 is 0 Å². The van der Waals surface area contributed by atoms with Gasteiger partial charge in [0.2, 0.25) is 11.4 Å². The van der Waals surface area contributed by atoms with Crippen molar-refractivity contribution < 1.29 is 9.36 Å². The van der Waals surface area contributed by atoms with E-state index in [1.165, 1.54) is 0 Å². The van der Waals surface area contributed by atoms with E-state index in [1.807, 2.05) is 91.1 Å². The lowest BCUT2D eigenvalue weighted by Crippen LogP contribution is -2.34. The first-order chi connectivity index (χ1) is 13.2. The first kappa shape index (κ1) is 17.4. The Labute approximate surface area is 166 Å². The van der Waals surface area contributed by atoms with Crippen LogP contribution in [-0.2, 0) is 0 Å². The molecule has 3 heteroatoms. The highest BCUT2D eigenvalue weighted by atomic mass is 79.9. The summed E-state index contributed by atoms with van der Waals surface area (Å²) in [4.78, 5) is 12.9. The zero-order chi connectivity index (χ0) is 18.6. The summed E-state index contributed by atoms with van der Waals surface area (Å²) in [6.45, 7) is 0. The first-order valence-electron chi connectivity index (χ1n) is 8.69. The maximum Gasteiger partial charge on any atom is 0.218 e. The number of rotatable bonds is 4. The van der Waals surface area contributed by atoms with Gasteiger partial charge in [-0.2, -0.15) is 4.57 Å². The highest BCUT2D eigenvalue weighted by molar-refractivity contribution is 9.10. The number of benzene rings is 3. The molecule has 0 bridgehead atoms. The summed E-state index contributed by atoms with van der Waals surface area (Å²) in [5.41, 5.74) is 4.47. The van der Waals surface area contributed by atoms with Crippen molar-refractivity contribution in [3.63, 3.8) is 0 Å². The van der Waals surface area contributed by atoms with Crippen molar-refractivity contribution in [2.24, 2.45) is 0 Å². The average Bonchev–Trinajstić information content (AvgIpc) is 2.74. The van der Waals surface area contributed by atoms with E-state index in [0.29, 0.717) is 11.1 Å². The molecule has 0 aliphatic heterocycles. The van der Waals surface area contributed by atoms with Gasteiger partial charge in [-0.15, -0.1) is 0 Å². The zero-order valence-electron chi connectivity index (χ0n) is 14.5. The highest BCUT2D eigenvalue weighted by Gasteiger charge is 2.20. The van der Waals surface area contributed by atoms with Crippen LogP contribution in [0.25, 0.3) is 16.9 Å². The largest absolute Gasteiger partial charge is 0.288 e. The number of carbonyl (C=O) groups is 1. The zero-order valence-corrected chi connectivity index (χ0v) is 16.1. The SMILES string of the molecule is O=C(c1ccccc1)c1ccc(-c2ccccc2)[n+](-c2ccc(Br)cc2)c1. The van der Waals surface area contributed by atoms with E-state index >= 15 is 0 Å². The number of hydrogen-bond donors (Lipinski definition) is 0. The number of hydrogen-bond acceptors (Lipinski definition) is 1. The van der Waals surface area contributed by atoms with Gasteiger partial charge in [0.05, 0.1) is 5.56 Å². The van der Waals surface area contributed by atoms with Crippen molar-refractivity contribution in [3.8, 4) is 16.9 Å². The Morgan fingerprint density at radius 3 is 1.96 bits per heavy atom. The number of pyridine rings is 1. The van der Waals surface area contributed by atoms with E-state index in [-0.39, 0.29) is 5.78 Å². The molecule has 130 valence electrons. The quantitative estimate of drug-likeness (QED) is 0.313. The molecule has 4 rings (SSSR count). The van der Waals surface area contributed by atoms with Gasteiger partial charge in [0, 0.05) is 33.8 Å². The van der Waals surface area contributed by atoms with Crippen LogP contribution in [0, 0.1) is 0 Å². The Balaban J connectivity index is 1.86. The van der Waals surface area contributed by atoms with Crippen molar-refractivity contribution in [2.45, 2.75) is 0 Å². The van der Waals surface area contributed by atoms with Crippen LogP contribution >= 0.6 is 15.9 Å². The van der Waals surface area contributed by atoms with Gasteiger partial charge in [-0.1, -0.05) is 64.5 Å². The molecule has 2 nitrogen and oxygen atoms in total. The first-order valence-corrected chi connectivity index (χ1v) is 9.48. The summed E-state index contributed by atoms with van der Waals surface area (Å²) in [5.74, 6) is 0.0149. The normalized spacial score (nSPS) is 10.6. The molecule has 3 aromatic carbocycles. The molecule has 1 heterocycles. The molecule has 0 unspecified atom stereocenters. The summed E-state index contributed by atoms with van der Waals surface area (Å²) in [6, 6.07) is 31.5. The molecule has 4 aromatic rings. The lowest BCUT2D eigenvalue weighted by atomic mass is 10.0. The van der Waals surface area contributed by atoms with E-state index in [9.17, 15) is 4.79 Å². The number of ketones is 1. The van der Waals surface area contributed by atoms with Gasteiger partial charge in [0.15, 0.2) is 12.0 Å². The Hall–Kier alpha value is -3.04. The van der Waals surface area contributed by atoms with E-state index in [0.717, 1.165) is 21.4 Å². The van der Waals surface area contributed by atoms with Gasteiger partial charge in [-0.05, 0) is 30.3 Å². The smallest absolute Gasteiger partial charge is 0.218 e. The number of nitrogens with zero attached hydrogens (tertiary/aromatic N) is 1. The minimum absolute atomic E-state index is 0.0149. The fraction of sp³-hybridized carbons (Fsp3) is 0. The third-order valence-electron chi connectivity index (χ3n) is 4.42. The third kappa shape index (κ3) is 3.74. The molecule has 0 spiro atoms. The van der Waals surface area contributed by atoms with E-state index in [4.69, 9.17) is 0 Å². The van der Waals surface area contributed by atoms with Crippen LogP contribution in [0.4, 0.5) is 0 Å². The molecule has 0 N–H and O–H groups in total. The fourth-order valence-electron chi connectivity index (χ4n) is 3.05. The minimum atomic E-state index is 0.0149. The van der Waals surface area contributed by atoms with Gasteiger partial charge < -0.3 is 0 Å². The predicted octanol–water partition coefficient (Wildman–Crippen LogP) is 5.62. The van der Waals surface area contributed by atoms with Gasteiger partial charge in [0.25, 0.3) is 0 Å².